The number of aromatic nitrogens is 4. The van der Waals surface area contributed by atoms with Gasteiger partial charge in [0.15, 0.2) is 5.82 Å². The summed E-state index contributed by atoms with van der Waals surface area (Å²) in [6.45, 7) is 3.48. The molecule has 3 aromatic heterocycles. The summed E-state index contributed by atoms with van der Waals surface area (Å²) in [7, 11) is 0. The van der Waals surface area contributed by atoms with Crippen molar-refractivity contribution in [1.29, 1.82) is 0 Å². The highest BCUT2D eigenvalue weighted by Gasteiger charge is 2.33. The number of pyridine rings is 1. The van der Waals surface area contributed by atoms with E-state index < -0.39 is 0 Å². The second-order valence-electron chi connectivity index (χ2n) is 7.51. The van der Waals surface area contributed by atoms with Crippen LogP contribution in [0.2, 0.25) is 0 Å². The van der Waals surface area contributed by atoms with E-state index >= 15 is 0 Å². The summed E-state index contributed by atoms with van der Waals surface area (Å²) in [6.07, 6.45) is 6.59. The van der Waals surface area contributed by atoms with Gasteiger partial charge in [-0.15, -0.1) is 0 Å². The summed E-state index contributed by atoms with van der Waals surface area (Å²) in [4.78, 5) is 17.0. The van der Waals surface area contributed by atoms with Crippen molar-refractivity contribution in [3.8, 4) is 5.82 Å². The van der Waals surface area contributed by atoms with E-state index in [-0.39, 0.29) is 5.91 Å². The summed E-state index contributed by atoms with van der Waals surface area (Å²) in [5.41, 5.74) is 4.13. The van der Waals surface area contributed by atoms with Gasteiger partial charge in [0.1, 0.15) is 11.3 Å². The van der Waals surface area contributed by atoms with Gasteiger partial charge in [0.2, 0.25) is 0 Å². The lowest BCUT2D eigenvalue weighted by Crippen LogP contribution is -2.14. The van der Waals surface area contributed by atoms with Crippen LogP contribution in [0, 0.1) is 13.8 Å². The number of amides is 1. The average molecular weight is 363 g/mol. The van der Waals surface area contributed by atoms with Crippen molar-refractivity contribution >= 4 is 11.6 Å². The molecule has 0 radical (unpaired) electrons. The number of aryl methyl sites for hydroxylation is 2. The van der Waals surface area contributed by atoms with Crippen LogP contribution in [0.5, 0.6) is 0 Å². The number of hydrogen-bond donors (Lipinski definition) is 1. The molecule has 1 amide bonds. The average Bonchev–Trinajstić information content (AvgIpc) is 3.59. The molecule has 2 aliphatic carbocycles. The molecular formula is C20H21N5O2. The van der Waals surface area contributed by atoms with Crippen molar-refractivity contribution in [3.63, 3.8) is 0 Å². The zero-order chi connectivity index (χ0) is 18.5. The molecule has 7 nitrogen and oxygen atoms in total. The van der Waals surface area contributed by atoms with Gasteiger partial charge >= 0.3 is 0 Å². The Bertz CT molecular complexity index is 990. The Hall–Kier alpha value is -2.96. The van der Waals surface area contributed by atoms with Crippen LogP contribution in [-0.4, -0.2) is 25.8 Å². The molecule has 2 saturated carbocycles. The Morgan fingerprint density at radius 2 is 1.96 bits per heavy atom. The van der Waals surface area contributed by atoms with Crippen molar-refractivity contribution in [2.24, 2.45) is 0 Å². The fourth-order valence-corrected chi connectivity index (χ4v) is 3.43. The van der Waals surface area contributed by atoms with Crippen molar-refractivity contribution < 1.29 is 9.32 Å². The SMILES string of the molecule is Cc1noc(C)c1C(=O)Nc1ccc(-n2nc(C3CC3)cc2C2CC2)nc1. The summed E-state index contributed by atoms with van der Waals surface area (Å²) >= 11 is 0. The molecule has 0 spiro atoms. The smallest absolute Gasteiger partial charge is 0.261 e. The van der Waals surface area contributed by atoms with Gasteiger partial charge in [0.25, 0.3) is 5.91 Å². The molecular weight excluding hydrogens is 342 g/mol. The predicted octanol–water partition coefficient (Wildman–Crippen LogP) is 3.88. The van der Waals surface area contributed by atoms with Crippen LogP contribution in [-0.2, 0) is 0 Å². The van der Waals surface area contributed by atoms with Gasteiger partial charge in [0.05, 0.1) is 23.3 Å². The van der Waals surface area contributed by atoms with Crippen LogP contribution in [0.1, 0.15) is 70.7 Å². The monoisotopic (exact) mass is 363 g/mol. The Morgan fingerprint density at radius 1 is 1.19 bits per heavy atom. The van der Waals surface area contributed by atoms with Crippen molar-refractivity contribution in [2.75, 3.05) is 5.32 Å². The first-order valence-electron chi connectivity index (χ1n) is 9.40. The fourth-order valence-electron chi connectivity index (χ4n) is 3.43. The van der Waals surface area contributed by atoms with Gasteiger partial charge in [-0.3, -0.25) is 4.79 Å². The van der Waals surface area contributed by atoms with Crippen LogP contribution < -0.4 is 5.32 Å². The lowest BCUT2D eigenvalue weighted by Gasteiger charge is -2.08. The standard InChI is InChI=1S/C20H21N5O2/c1-11-19(12(2)27-24-11)20(26)22-15-7-8-18(21-10-15)25-17(14-5-6-14)9-16(23-25)13-3-4-13/h7-10,13-14H,3-6H2,1-2H3,(H,22,26). The van der Waals surface area contributed by atoms with Gasteiger partial charge in [-0.1, -0.05) is 5.16 Å². The molecule has 0 atom stereocenters. The minimum Gasteiger partial charge on any atom is -0.361 e. The fraction of sp³-hybridized carbons (Fsp3) is 0.400. The quantitative estimate of drug-likeness (QED) is 0.743. The molecule has 138 valence electrons. The number of carbonyl (C=O) groups is 1. The molecule has 0 unspecified atom stereocenters. The second kappa shape index (κ2) is 6.04. The molecule has 3 heterocycles. The summed E-state index contributed by atoms with van der Waals surface area (Å²) in [6, 6.07) is 6.01. The molecule has 3 aromatic rings. The van der Waals surface area contributed by atoms with Crippen molar-refractivity contribution in [3.05, 3.63) is 52.8 Å². The van der Waals surface area contributed by atoms with E-state index in [4.69, 9.17) is 9.62 Å². The maximum atomic E-state index is 12.5. The van der Waals surface area contributed by atoms with E-state index in [9.17, 15) is 4.79 Å². The van der Waals surface area contributed by atoms with E-state index in [1.807, 2.05) is 16.8 Å². The van der Waals surface area contributed by atoms with Crippen LogP contribution in [0.3, 0.4) is 0 Å². The van der Waals surface area contributed by atoms with E-state index in [2.05, 4.69) is 21.5 Å². The molecule has 0 aromatic carbocycles. The first kappa shape index (κ1) is 16.2. The first-order chi connectivity index (χ1) is 13.1. The number of nitrogens with zero attached hydrogens (tertiary/aromatic N) is 4. The van der Waals surface area contributed by atoms with E-state index in [1.54, 1.807) is 20.0 Å². The normalized spacial score (nSPS) is 16.5. The third-order valence-electron chi connectivity index (χ3n) is 5.23. The van der Waals surface area contributed by atoms with Gasteiger partial charge in [-0.25, -0.2) is 9.67 Å². The zero-order valence-electron chi connectivity index (χ0n) is 15.4. The topological polar surface area (TPSA) is 85.8 Å². The summed E-state index contributed by atoms with van der Waals surface area (Å²) in [5, 5.41) is 11.5. The van der Waals surface area contributed by atoms with E-state index in [0.29, 0.717) is 34.5 Å². The minimum atomic E-state index is -0.241. The number of anilines is 1. The summed E-state index contributed by atoms with van der Waals surface area (Å²) < 4.78 is 7.04. The van der Waals surface area contributed by atoms with Gasteiger partial charge in [-0.05, 0) is 57.7 Å². The van der Waals surface area contributed by atoms with Crippen LogP contribution >= 0.6 is 0 Å². The first-order valence-corrected chi connectivity index (χ1v) is 9.40. The lowest BCUT2D eigenvalue weighted by atomic mass is 10.2. The third-order valence-corrected chi connectivity index (χ3v) is 5.23. The van der Waals surface area contributed by atoms with Crippen LogP contribution in [0.25, 0.3) is 5.82 Å². The Labute approximate surface area is 156 Å². The van der Waals surface area contributed by atoms with E-state index in [1.165, 1.54) is 37.1 Å². The number of hydrogen-bond acceptors (Lipinski definition) is 5. The highest BCUT2D eigenvalue weighted by molar-refractivity contribution is 6.05. The van der Waals surface area contributed by atoms with Gasteiger partial charge in [0, 0.05) is 17.5 Å². The molecule has 0 bridgehead atoms. The largest absolute Gasteiger partial charge is 0.361 e. The van der Waals surface area contributed by atoms with Crippen LogP contribution in [0.4, 0.5) is 5.69 Å². The Morgan fingerprint density at radius 3 is 2.56 bits per heavy atom. The summed E-state index contributed by atoms with van der Waals surface area (Å²) in [5.74, 6) is 2.28. The molecule has 5 rings (SSSR count). The Kier molecular flexibility index (Phi) is 3.63. The number of nitrogens with one attached hydrogen (secondary N) is 1. The molecule has 0 saturated heterocycles. The third kappa shape index (κ3) is 3.03. The van der Waals surface area contributed by atoms with Gasteiger partial charge in [-0.2, -0.15) is 5.10 Å². The minimum absolute atomic E-state index is 0.241. The zero-order valence-corrected chi connectivity index (χ0v) is 15.4. The maximum absolute atomic E-state index is 12.5. The van der Waals surface area contributed by atoms with Crippen molar-refractivity contribution in [2.45, 2.75) is 51.4 Å². The molecule has 1 N–H and O–H groups in total. The van der Waals surface area contributed by atoms with Crippen molar-refractivity contribution in [1.82, 2.24) is 19.9 Å². The lowest BCUT2D eigenvalue weighted by molar-refractivity contribution is 0.102. The highest BCUT2D eigenvalue weighted by atomic mass is 16.5. The molecule has 0 aliphatic heterocycles. The highest BCUT2D eigenvalue weighted by Crippen LogP contribution is 2.45. The number of carbonyl (C=O) groups excluding carboxylic acids is 1. The maximum Gasteiger partial charge on any atom is 0.261 e. The molecule has 2 fully saturated rings. The van der Waals surface area contributed by atoms with E-state index in [0.717, 1.165) is 5.82 Å². The molecule has 27 heavy (non-hydrogen) atoms. The predicted molar refractivity (Wildman–Crippen MR) is 99.2 cm³/mol. The molecule has 7 heteroatoms. The number of rotatable bonds is 5. The second-order valence-corrected chi connectivity index (χ2v) is 7.51. The molecule has 2 aliphatic rings. The Balaban J connectivity index is 1.38. The van der Waals surface area contributed by atoms with Crippen LogP contribution in [0.15, 0.2) is 28.9 Å². The van der Waals surface area contributed by atoms with Gasteiger partial charge < -0.3 is 9.84 Å².